The summed E-state index contributed by atoms with van der Waals surface area (Å²) in [6.45, 7) is 5.25. The number of rotatable bonds is 3. The van der Waals surface area contributed by atoms with Crippen LogP contribution in [0.25, 0.3) is 16.8 Å². The molecule has 1 N–H and O–H groups in total. The Morgan fingerprint density at radius 2 is 1.50 bits per heavy atom. The summed E-state index contributed by atoms with van der Waals surface area (Å²) in [5, 5.41) is 3.27. The minimum atomic E-state index is 0.870. The molecule has 0 fully saturated rings. The van der Waals surface area contributed by atoms with Crippen LogP contribution in [-0.2, 0) is 6.54 Å². The standard InChI is InChI=1S/C24H24N2/c1-17-9-8-10-18(2)24(17)23(15-25-3)26-16-19-11-4-5-12-20(19)21-13-6-7-14-22(21)26/h4-15,25H,16H2,1-3H3/b23-15-. The Morgan fingerprint density at radius 3 is 2.23 bits per heavy atom. The molecule has 0 amide bonds. The molecular weight excluding hydrogens is 316 g/mol. The van der Waals surface area contributed by atoms with E-state index in [0.717, 1.165) is 6.54 Å². The van der Waals surface area contributed by atoms with Gasteiger partial charge in [-0.05, 0) is 42.2 Å². The number of fused-ring (bicyclic) bond motifs is 3. The third-order valence-corrected chi connectivity index (χ3v) is 5.14. The second-order valence-electron chi connectivity index (χ2n) is 6.85. The van der Waals surface area contributed by atoms with Crippen LogP contribution in [0, 0.1) is 13.8 Å². The summed E-state index contributed by atoms with van der Waals surface area (Å²) in [7, 11) is 1.97. The van der Waals surface area contributed by atoms with E-state index in [1.807, 2.05) is 7.05 Å². The molecule has 1 heterocycles. The fraction of sp³-hybridized carbons (Fsp3) is 0.167. The SMILES string of the molecule is CN/C=C(/c1c(C)cccc1C)N1Cc2ccccc2-c2ccccc21. The van der Waals surface area contributed by atoms with Crippen LogP contribution in [0.2, 0.25) is 0 Å². The molecule has 3 aromatic carbocycles. The van der Waals surface area contributed by atoms with Crippen molar-refractivity contribution in [2.75, 3.05) is 11.9 Å². The Balaban J connectivity index is 1.93. The van der Waals surface area contributed by atoms with E-state index in [2.05, 4.69) is 97.0 Å². The fourth-order valence-corrected chi connectivity index (χ4v) is 3.97. The van der Waals surface area contributed by atoms with Gasteiger partial charge in [-0.2, -0.15) is 0 Å². The molecular formula is C24H24N2. The van der Waals surface area contributed by atoms with Crippen molar-refractivity contribution in [1.29, 1.82) is 0 Å². The molecule has 26 heavy (non-hydrogen) atoms. The van der Waals surface area contributed by atoms with Crippen LogP contribution in [0.5, 0.6) is 0 Å². The van der Waals surface area contributed by atoms with E-state index in [1.165, 1.54) is 44.8 Å². The predicted molar refractivity (Wildman–Crippen MR) is 111 cm³/mol. The smallest absolute Gasteiger partial charge is 0.0652 e. The van der Waals surface area contributed by atoms with Crippen LogP contribution in [-0.4, -0.2) is 7.05 Å². The highest BCUT2D eigenvalue weighted by Gasteiger charge is 2.25. The van der Waals surface area contributed by atoms with Crippen molar-refractivity contribution < 1.29 is 0 Å². The van der Waals surface area contributed by atoms with E-state index in [9.17, 15) is 0 Å². The Morgan fingerprint density at radius 1 is 0.846 bits per heavy atom. The minimum absolute atomic E-state index is 0.870. The molecule has 0 radical (unpaired) electrons. The lowest BCUT2D eigenvalue weighted by Gasteiger charge is -2.35. The van der Waals surface area contributed by atoms with Gasteiger partial charge in [0.25, 0.3) is 0 Å². The van der Waals surface area contributed by atoms with Gasteiger partial charge in [-0.25, -0.2) is 0 Å². The van der Waals surface area contributed by atoms with Gasteiger partial charge in [0.1, 0.15) is 0 Å². The van der Waals surface area contributed by atoms with Gasteiger partial charge >= 0.3 is 0 Å². The second kappa shape index (κ2) is 6.72. The lowest BCUT2D eigenvalue weighted by Crippen LogP contribution is -2.27. The van der Waals surface area contributed by atoms with Crippen LogP contribution in [0.15, 0.2) is 72.9 Å². The number of anilines is 1. The second-order valence-corrected chi connectivity index (χ2v) is 6.85. The van der Waals surface area contributed by atoms with Crippen LogP contribution in [0.4, 0.5) is 5.69 Å². The highest BCUT2D eigenvalue weighted by Crippen LogP contribution is 2.43. The summed E-state index contributed by atoms with van der Waals surface area (Å²) in [4.78, 5) is 2.43. The van der Waals surface area contributed by atoms with Gasteiger partial charge in [0.05, 0.1) is 5.70 Å². The average Bonchev–Trinajstić information content (AvgIpc) is 2.66. The summed E-state index contributed by atoms with van der Waals surface area (Å²) < 4.78 is 0. The summed E-state index contributed by atoms with van der Waals surface area (Å²) in [6, 6.07) is 23.9. The maximum atomic E-state index is 3.27. The zero-order valence-electron chi connectivity index (χ0n) is 15.6. The van der Waals surface area contributed by atoms with Crippen LogP contribution in [0.1, 0.15) is 22.3 Å². The van der Waals surface area contributed by atoms with E-state index >= 15 is 0 Å². The zero-order valence-corrected chi connectivity index (χ0v) is 15.6. The van der Waals surface area contributed by atoms with Gasteiger partial charge in [-0.1, -0.05) is 60.7 Å². The number of hydrogen-bond donors (Lipinski definition) is 1. The molecule has 0 aromatic heterocycles. The summed E-state index contributed by atoms with van der Waals surface area (Å²) in [5.74, 6) is 0. The van der Waals surface area contributed by atoms with Crippen molar-refractivity contribution in [3.63, 3.8) is 0 Å². The summed E-state index contributed by atoms with van der Waals surface area (Å²) in [5.41, 5.74) is 10.4. The maximum Gasteiger partial charge on any atom is 0.0652 e. The van der Waals surface area contributed by atoms with Crippen LogP contribution in [0.3, 0.4) is 0 Å². The normalized spacial score (nSPS) is 13.2. The Kier molecular flexibility index (Phi) is 4.26. The lowest BCUT2D eigenvalue weighted by molar-refractivity contribution is 0.951. The molecule has 2 nitrogen and oxygen atoms in total. The van der Waals surface area contributed by atoms with E-state index < -0.39 is 0 Å². The van der Waals surface area contributed by atoms with Crippen molar-refractivity contribution in [2.24, 2.45) is 0 Å². The molecule has 0 unspecified atom stereocenters. The number of nitrogens with zero attached hydrogens (tertiary/aromatic N) is 1. The Bertz CT molecular complexity index is 965. The average molecular weight is 340 g/mol. The third-order valence-electron chi connectivity index (χ3n) is 5.14. The Hall–Kier alpha value is -3.00. The van der Waals surface area contributed by atoms with Gasteiger partial charge < -0.3 is 10.2 Å². The monoisotopic (exact) mass is 340 g/mol. The predicted octanol–water partition coefficient (Wildman–Crippen LogP) is 5.51. The van der Waals surface area contributed by atoms with Crippen molar-refractivity contribution in [2.45, 2.75) is 20.4 Å². The van der Waals surface area contributed by atoms with E-state index in [1.54, 1.807) is 0 Å². The molecule has 130 valence electrons. The first-order valence-electron chi connectivity index (χ1n) is 9.09. The van der Waals surface area contributed by atoms with Gasteiger partial charge in [0.2, 0.25) is 0 Å². The fourth-order valence-electron chi connectivity index (χ4n) is 3.97. The van der Waals surface area contributed by atoms with Gasteiger partial charge in [0, 0.05) is 36.6 Å². The molecule has 3 aromatic rings. The van der Waals surface area contributed by atoms with Crippen molar-refractivity contribution in [1.82, 2.24) is 5.32 Å². The van der Waals surface area contributed by atoms with E-state index in [4.69, 9.17) is 0 Å². The molecule has 1 aliphatic rings. The minimum Gasteiger partial charge on any atom is -0.392 e. The number of para-hydroxylation sites is 1. The summed E-state index contributed by atoms with van der Waals surface area (Å²) in [6.07, 6.45) is 2.13. The quantitative estimate of drug-likeness (QED) is 0.676. The lowest BCUT2D eigenvalue weighted by atomic mass is 9.91. The van der Waals surface area contributed by atoms with E-state index in [0.29, 0.717) is 0 Å². The zero-order chi connectivity index (χ0) is 18.1. The molecule has 0 saturated carbocycles. The first-order chi connectivity index (χ1) is 12.7. The maximum absolute atomic E-state index is 3.27. The third kappa shape index (κ3) is 2.68. The molecule has 0 aliphatic carbocycles. The molecule has 1 aliphatic heterocycles. The van der Waals surface area contributed by atoms with Crippen molar-refractivity contribution >= 4 is 11.4 Å². The molecule has 0 saturated heterocycles. The number of nitrogens with one attached hydrogen (secondary N) is 1. The summed E-state index contributed by atoms with van der Waals surface area (Å²) >= 11 is 0. The van der Waals surface area contributed by atoms with Gasteiger partial charge in [-0.15, -0.1) is 0 Å². The number of benzene rings is 3. The molecule has 0 spiro atoms. The highest BCUT2D eigenvalue weighted by molar-refractivity contribution is 5.92. The van der Waals surface area contributed by atoms with Gasteiger partial charge in [-0.3, -0.25) is 0 Å². The van der Waals surface area contributed by atoms with Crippen LogP contribution < -0.4 is 10.2 Å². The van der Waals surface area contributed by atoms with E-state index in [-0.39, 0.29) is 0 Å². The largest absolute Gasteiger partial charge is 0.392 e. The Labute approximate surface area is 155 Å². The number of aryl methyl sites for hydroxylation is 2. The topological polar surface area (TPSA) is 15.3 Å². The molecule has 0 bridgehead atoms. The first kappa shape index (κ1) is 16.5. The van der Waals surface area contributed by atoms with Crippen LogP contribution >= 0.6 is 0 Å². The molecule has 2 heteroatoms. The van der Waals surface area contributed by atoms with Crippen molar-refractivity contribution in [3.05, 3.63) is 95.2 Å². The molecule has 4 rings (SSSR count). The molecule has 0 atom stereocenters. The first-order valence-corrected chi connectivity index (χ1v) is 9.09. The number of hydrogen-bond acceptors (Lipinski definition) is 2. The highest BCUT2D eigenvalue weighted by atomic mass is 15.2. The van der Waals surface area contributed by atoms with Gasteiger partial charge in [0.15, 0.2) is 0 Å². The van der Waals surface area contributed by atoms with Crippen molar-refractivity contribution in [3.8, 4) is 11.1 Å².